The largest absolute Gasteiger partial charge is 0.425 e. The van der Waals surface area contributed by atoms with E-state index in [0.717, 1.165) is 65.8 Å². The van der Waals surface area contributed by atoms with Crippen molar-refractivity contribution in [2.24, 2.45) is 35.5 Å². The van der Waals surface area contributed by atoms with E-state index in [1.54, 1.807) is 0 Å². The van der Waals surface area contributed by atoms with Crippen LogP contribution in [0.4, 0.5) is 0 Å². The second kappa shape index (κ2) is 12.5. The number of hydrogen-bond acceptors (Lipinski definition) is 5. The van der Waals surface area contributed by atoms with Gasteiger partial charge in [0, 0.05) is 23.5 Å². The Hall–Kier alpha value is -4.18. The number of carbonyl (C=O) groups is 2. The van der Waals surface area contributed by atoms with E-state index in [0.29, 0.717) is 27.9 Å². The molecule has 9 nitrogen and oxygen atoms in total. The summed E-state index contributed by atoms with van der Waals surface area (Å²) in [5, 5.41) is 6.85. The van der Waals surface area contributed by atoms with E-state index in [9.17, 15) is 9.59 Å². The number of benzene rings is 1. The average molecular weight is 762 g/mol. The number of imidazole rings is 2. The molecule has 8 saturated carbocycles. The van der Waals surface area contributed by atoms with Gasteiger partial charge in [0.15, 0.2) is 16.1 Å². The normalized spacial score (nSPS) is 32.1. The average Bonchev–Trinajstić information content (AvgIpc) is 3.65. The van der Waals surface area contributed by atoms with Crippen molar-refractivity contribution in [1.29, 1.82) is 0 Å². The minimum absolute atomic E-state index is 0.0126. The summed E-state index contributed by atoms with van der Waals surface area (Å²) in [4.78, 5) is 35.4. The number of pyridine rings is 2. The number of para-hydroxylation sites is 1. The highest BCUT2D eigenvalue weighted by Crippen LogP contribution is 2.57. The Labute approximate surface area is 312 Å². The number of ether oxygens (including phenoxy) is 1. The molecule has 0 atom stereocenters. The van der Waals surface area contributed by atoms with Gasteiger partial charge in [-0.25, -0.2) is 4.98 Å². The molecular formula is C42H45BrN6O3. The molecule has 8 aliphatic carbocycles. The van der Waals surface area contributed by atoms with Gasteiger partial charge in [-0.15, -0.1) is 0 Å². The van der Waals surface area contributed by atoms with Crippen molar-refractivity contribution in [3.05, 3.63) is 95.2 Å². The first-order valence-corrected chi connectivity index (χ1v) is 20.1. The Morgan fingerprint density at radius 1 is 0.596 bits per heavy atom. The summed E-state index contributed by atoms with van der Waals surface area (Å²) in [7, 11) is 0. The number of fused-ring (bicyclic) bond motifs is 2. The van der Waals surface area contributed by atoms with Gasteiger partial charge < -0.3 is 15.4 Å². The molecule has 0 spiro atoms. The van der Waals surface area contributed by atoms with Gasteiger partial charge in [0.05, 0.1) is 11.0 Å². The van der Waals surface area contributed by atoms with Crippen LogP contribution in [0, 0.1) is 35.5 Å². The van der Waals surface area contributed by atoms with E-state index < -0.39 is 0 Å². The van der Waals surface area contributed by atoms with Crippen LogP contribution in [0.25, 0.3) is 11.0 Å². The van der Waals surface area contributed by atoms with Crippen LogP contribution in [0.3, 0.4) is 0 Å². The molecule has 4 aromatic heterocycles. The lowest BCUT2D eigenvalue weighted by Crippen LogP contribution is -2.59. The Morgan fingerprint density at radius 2 is 1.02 bits per heavy atom. The predicted molar refractivity (Wildman–Crippen MR) is 201 cm³/mol. The van der Waals surface area contributed by atoms with E-state index in [1.807, 2.05) is 87.9 Å². The standard InChI is InChI=1S/C24H25N3O2.C18H20BrN3O/c28-22(26-24-13-16-10-17(14-24)12-18(11-16)15-24)21-20-8-4-5-9-27(20)23(25-21)29-19-6-2-1-3-7-19;19-17-20-15(14-3-1-2-4-22(14)17)16(23)21-18-8-11-5-12(9-18)7-13(6-11)10-18/h1-9,16-18H,10-15H2,(H,26,28);1-4,11-13H,5-10H2,(H,21,23). The monoisotopic (exact) mass is 760 g/mol. The van der Waals surface area contributed by atoms with Crippen molar-refractivity contribution in [3.8, 4) is 11.8 Å². The Kier molecular flexibility index (Phi) is 7.78. The molecule has 8 fully saturated rings. The Bertz CT molecular complexity index is 2100. The number of aromatic nitrogens is 4. The topological polar surface area (TPSA) is 102 Å². The molecule has 10 heteroatoms. The van der Waals surface area contributed by atoms with E-state index >= 15 is 0 Å². The van der Waals surface area contributed by atoms with Gasteiger partial charge in [-0.1, -0.05) is 30.3 Å². The molecule has 0 aliphatic heterocycles. The summed E-state index contributed by atoms with van der Waals surface area (Å²) in [5.74, 6) is 5.47. The SMILES string of the molecule is O=C(NC12CC3CC(CC(C3)C1)C2)c1nc(Br)n2ccccc12.O=C(NC12CC3CC(CC(C3)C1)C2)c1nc(Oc2ccccc2)n2ccccc12. The smallest absolute Gasteiger partial charge is 0.307 e. The minimum Gasteiger partial charge on any atom is -0.425 e. The van der Waals surface area contributed by atoms with Crippen molar-refractivity contribution in [2.45, 2.75) is 88.1 Å². The van der Waals surface area contributed by atoms with Crippen LogP contribution in [-0.4, -0.2) is 41.7 Å². The number of nitrogens with zero attached hydrogens (tertiary/aromatic N) is 4. The quantitative estimate of drug-likeness (QED) is 0.181. The first-order valence-electron chi connectivity index (χ1n) is 19.3. The fourth-order valence-corrected chi connectivity index (χ4v) is 12.6. The molecule has 268 valence electrons. The molecule has 0 radical (unpaired) electrons. The highest BCUT2D eigenvalue weighted by atomic mass is 79.9. The lowest BCUT2D eigenvalue weighted by molar-refractivity contribution is -0.0171. The molecule has 2 amide bonds. The summed E-state index contributed by atoms with van der Waals surface area (Å²) in [6, 6.07) is 21.6. The van der Waals surface area contributed by atoms with Crippen LogP contribution < -0.4 is 15.4 Å². The summed E-state index contributed by atoms with van der Waals surface area (Å²) in [6.45, 7) is 0. The first-order chi connectivity index (χ1) is 25.3. The molecule has 1 aromatic carbocycles. The fraction of sp³-hybridized carbons (Fsp3) is 0.476. The van der Waals surface area contributed by atoms with Gasteiger partial charge in [0.1, 0.15) is 5.75 Å². The van der Waals surface area contributed by atoms with Crippen molar-refractivity contribution >= 4 is 38.8 Å². The fourth-order valence-electron chi connectivity index (χ4n) is 12.1. The van der Waals surface area contributed by atoms with E-state index in [2.05, 4.69) is 36.5 Å². The van der Waals surface area contributed by atoms with Crippen molar-refractivity contribution in [3.63, 3.8) is 0 Å². The summed E-state index contributed by atoms with van der Waals surface area (Å²) < 4.78 is 10.4. The summed E-state index contributed by atoms with van der Waals surface area (Å²) >= 11 is 3.45. The molecule has 2 N–H and O–H groups in total. The number of halogens is 1. The van der Waals surface area contributed by atoms with Gasteiger partial charge in [-0.2, -0.15) is 4.98 Å². The molecule has 8 aliphatic rings. The maximum absolute atomic E-state index is 13.4. The van der Waals surface area contributed by atoms with Crippen molar-refractivity contribution in [2.75, 3.05) is 0 Å². The number of amides is 2. The van der Waals surface area contributed by atoms with E-state index in [4.69, 9.17) is 4.74 Å². The number of nitrogens with one attached hydrogen (secondary N) is 2. The highest BCUT2D eigenvalue weighted by Gasteiger charge is 2.53. The van der Waals surface area contributed by atoms with Gasteiger partial charge in [0.25, 0.3) is 11.8 Å². The van der Waals surface area contributed by atoms with Gasteiger partial charge in [-0.05, 0) is 165 Å². The molecule has 0 unspecified atom stereocenters. The third-order valence-corrected chi connectivity index (χ3v) is 13.8. The Morgan fingerprint density at radius 3 is 1.52 bits per heavy atom. The first kappa shape index (κ1) is 32.5. The maximum atomic E-state index is 13.4. The third-order valence-electron chi connectivity index (χ3n) is 13.2. The van der Waals surface area contributed by atoms with E-state index in [-0.39, 0.29) is 22.9 Å². The zero-order valence-corrected chi connectivity index (χ0v) is 30.9. The van der Waals surface area contributed by atoms with Crippen LogP contribution in [0.1, 0.15) is 98.0 Å². The third kappa shape index (κ3) is 5.81. The molecule has 52 heavy (non-hydrogen) atoms. The number of carbonyl (C=O) groups excluding carboxylic acids is 2. The zero-order valence-electron chi connectivity index (χ0n) is 29.3. The molecule has 8 bridgehead atoms. The molecule has 13 rings (SSSR count). The number of hydrogen-bond donors (Lipinski definition) is 2. The van der Waals surface area contributed by atoms with Crippen LogP contribution in [0.5, 0.6) is 11.8 Å². The zero-order chi connectivity index (χ0) is 35.0. The molecule has 5 aromatic rings. The van der Waals surface area contributed by atoms with Crippen molar-refractivity contribution < 1.29 is 14.3 Å². The van der Waals surface area contributed by atoms with Crippen molar-refractivity contribution in [1.82, 2.24) is 29.4 Å². The van der Waals surface area contributed by atoms with Crippen LogP contribution in [0.2, 0.25) is 0 Å². The van der Waals surface area contributed by atoms with Crippen LogP contribution in [-0.2, 0) is 0 Å². The van der Waals surface area contributed by atoms with Crippen LogP contribution >= 0.6 is 15.9 Å². The van der Waals surface area contributed by atoms with Crippen LogP contribution in [0.15, 0.2) is 83.9 Å². The molecule has 4 heterocycles. The highest BCUT2D eigenvalue weighted by molar-refractivity contribution is 9.10. The minimum atomic E-state index is -0.0708. The second-order valence-electron chi connectivity index (χ2n) is 17.1. The maximum Gasteiger partial charge on any atom is 0.307 e. The van der Waals surface area contributed by atoms with E-state index in [1.165, 1.54) is 57.8 Å². The van der Waals surface area contributed by atoms with Gasteiger partial charge >= 0.3 is 6.01 Å². The second-order valence-corrected chi connectivity index (χ2v) is 17.8. The predicted octanol–water partition coefficient (Wildman–Crippen LogP) is 8.62. The molecular weight excluding hydrogens is 716 g/mol. The van der Waals surface area contributed by atoms with Gasteiger partial charge in [-0.3, -0.25) is 18.4 Å². The van der Waals surface area contributed by atoms with Gasteiger partial charge in [0.2, 0.25) is 0 Å². The lowest BCUT2D eigenvalue weighted by atomic mass is 9.53. The summed E-state index contributed by atoms with van der Waals surface area (Å²) in [6.07, 6.45) is 18.9. The lowest BCUT2D eigenvalue weighted by Gasteiger charge is -2.56. The Balaban J connectivity index is 0.000000134. The molecule has 0 saturated heterocycles. The number of rotatable bonds is 6. The summed E-state index contributed by atoms with van der Waals surface area (Å²) in [5.41, 5.74) is 2.63.